The number of hydrogen-bond donors (Lipinski definition) is 2. The molecule has 0 spiro atoms. The summed E-state index contributed by atoms with van der Waals surface area (Å²) in [5.41, 5.74) is 5.38. The van der Waals surface area contributed by atoms with Crippen LogP contribution in [0.1, 0.15) is 12.8 Å². The molecule has 0 aromatic carbocycles. The maximum absolute atomic E-state index is 11.0. The largest absolute Gasteiger partial charge is 0.488 e. The molecule has 0 aliphatic heterocycles. The van der Waals surface area contributed by atoms with Crippen LogP contribution in [0, 0.1) is 0 Å². The van der Waals surface area contributed by atoms with E-state index in [0.29, 0.717) is 5.75 Å². The van der Waals surface area contributed by atoms with E-state index in [1.54, 1.807) is 6.07 Å². The van der Waals surface area contributed by atoms with Gasteiger partial charge in [0.1, 0.15) is 11.4 Å². The highest BCUT2D eigenvalue weighted by Gasteiger charge is 2.24. The van der Waals surface area contributed by atoms with Crippen molar-refractivity contribution in [3.05, 3.63) is 22.6 Å². The summed E-state index contributed by atoms with van der Waals surface area (Å²) in [5.74, 6) is 0.501. The fourth-order valence-corrected chi connectivity index (χ4v) is 0.941. The number of nitrogens with two attached hydrogens (primary N) is 1. The van der Waals surface area contributed by atoms with Crippen LogP contribution in [0.15, 0.2) is 17.1 Å². The van der Waals surface area contributed by atoms with Gasteiger partial charge in [0, 0.05) is 6.20 Å². The number of aromatic nitrogens is 1. The third kappa shape index (κ3) is 1.28. The summed E-state index contributed by atoms with van der Waals surface area (Å²) < 4.78 is 5.39. The highest BCUT2D eigenvalue weighted by molar-refractivity contribution is 5.49. The molecule has 3 N–H and O–H groups in total. The monoisotopic (exact) mass is 166 g/mol. The van der Waals surface area contributed by atoms with Crippen LogP contribution < -0.4 is 16.0 Å². The third-order valence-electron chi connectivity index (χ3n) is 1.78. The van der Waals surface area contributed by atoms with E-state index in [4.69, 9.17) is 10.5 Å². The summed E-state index contributed by atoms with van der Waals surface area (Å²) in [5, 5.41) is 0. The summed E-state index contributed by atoms with van der Waals surface area (Å²) in [6, 6.07) is 1.68. The third-order valence-corrected chi connectivity index (χ3v) is 1.78. The average molecular weight is 166 g/mol. The Kier molecular flexibility index (Phi) is 1.53. The molecular weight excluding hydrogens is 156 g/mol. The fourth-order valence-electron chi connectivity index (χ4n) is 0.941. The van der Waals surface area contributed by atoms with Crippen molar-refractivity contribution in [2.45, 2.75) is 18.9 Å². The molecule has 4 heteroatoms. The molecule has 1 aromatic rings. The highest BCUT2D eigenvalue weighted by atomic mass is 16.5. The molecule has 64 valence electrons. The summed E-state index contributed by atoms with van der Waals surface area (Å²) in [6.45, 7) is 0. The second-order valence-corrected chi connectivity index (χ2v) is 2.90. The Morgan fingerprint density at radius 2 is 2.33 bits per heavy atom. The minimum absolute atomic E-state index is 0.171. The Labute approximate surface area is 69.4 Å². The first-order valence-corrected chi connectivity index (χ1v) is 3.91. The summed E-state index contributed by atoms with van der Waals surface area (Å²) in [4.78, 5) is 13.5. The molecule has 1 heterocycles. The van der Waals surface area contributed by atoms with Crippen LogP contribution >= 0.6 is 0 Å². The second-order valence-electron chi connectivity index (χ2n) is 2.90. The van der Waals surface area contributed by atoms with Crippen LogP contribution in [0.5, 0.6) is 5.75 Å². The molecule has 1 fully saturated rings. The van der Waals surface area contributed by atoms with Gasteiger partial charge in [-0.3, -0.25) is 4.79 Å². The number of hydrogen-bond acceptors (Lipinski definition) is 3. The van der Waals surface area contributed by atoms with Crippen LogP contribution in [-0.2, 0) is 0 Å². The van der Waals surface area contributed by atoms with Gasteiger partial charge in [0.05, 0.1) is 6.10 Å². The topological polar surface area (TPSA) is 68.1 Å². The maximum atomic E-state index is 11.0. The smallest absolute Gasteiger partial charge is 0.274 e. The minimum Gasteiger partial charge on any atom is -0.488 e. The van der Waals surface area contributed by atoms with Gasteiger partial charge in [-0.1, -0.05) is 0 Å². The molecule has 4 nitrogen and oxygen atoms in total. The number of nitrogens with one attached hydrogen (secondary N) is 1. The Morgan fingerprint density at radius 1 is 1.58 bits per heavy atom. The zero-order valence-electron chi connectivity index (χ0n) is 6.54. The zero-order chi connectivity index (χ0) is 8.55. The van der Waals surface area contributed by atoms with E-state index in [-0.39, 0.29) is 17.4 Å². The number of anilines is 1. The summed E-state index contributed by atoms with van der Waals surface area (Å²) >= 11 is 0. The van der Waals surface area contributed by atoms with Gasteiger partial charge in [-0.2, -0.15) is 0 Å². The van der Waals surface area contributed by atoms with Crippen molar-refractivity contribution in [3.8, 4) is 5.75 Å². The van der Waals surface area contributed by atoms with Gasteiger partial charge in [0.25, 0.3) is 5.56 Å². The number of pyridine rings is 1. The lowest BCUT2D eigenvalue weighted by molar-refractivity contribution is 0.304. The molecule has 0 saturated heterocycles. The lowest BCUT2D eigenvalue weighted by Crippen LogP contribution is -2.13. The van der Waals surface area contributed by atoms with Crippen LogP contribution in [-0.4, -0.2) is 11.1 Å². The maximum Gasteiger partial charge on any atom is 0.274 e. The molecule has 2 rings (SSSR count). The first kappa shape index (κ1) is 7.21. The predicted molar refractivity (Wildman–Crippen MR) is 45.1 cm³/mol. The van der Waals surface area contributed by atoms with Crippen LogP contribution in [0.25, 0.3) is 0 Å². The van der Waals surface area contributed by atoms with Gasteiger partial charge in [-0.25, -0.2) is 0 Å². The molecular formula is C8H10N2O2. The molecule has 0 radical (unpaired) electrons. The SMILES string of the molecule is Nc1c(OC2CC2)cc[nH]c1=O. The van der Waals surface area contributed by atoms with Gasteiger partial charge in [-0.05, 0) is 18.9 Å². The number of H-pyrrole nitrogens is 1. The van der Waals surface area contributed by atoms with Crippen molar-refractivity contribution in [2.24, 2.45) is 0 Å². The molecule has 1 saturated carbocycles. The van der Waals surface area contributed by atoms with Gasteiger partial charge in [-0.15, -0.1) is 0 Å². The van der Waals surface area contributed by atoms with Crippen molar-refractivity contribution in [1.82, 2.24) is 4.98 Å². The van der Waals surface area contributed by atoms with Gasteiger partial charge < -0.3 is 15.5 Å². The predicted octanol–water partition coefficient (Wildman–Crippen LogP) is 0.498. The number of ether oxygens (including phenoxy) is 1. The van der Waals surface area contributed by atoms with E-state index in [1.165, 1.54) is 6.20 Å². The van der Waals surface area contributed by atoms with Gasteiger partial charge in [0.15, 0.2) is 0 Å². The highest BCUT2D eigenvalue weighted by Crippen LogP contribution is 2.28. The molecule has 0 atom stereocenters. The molecule has 1 aliphatic rings. The molecule has 12 heavy (non-hydrogen) atoms. The fraction of sp³-hybridized carbons (Fsp3) is 0.375. The Morgan fingerprint density at radius 3 is 3.00 bits per heavy atom. The van der Waals surface area contributed by atoms with Gasteiger partial charge >= 0.3 is 0 Å². The lowest BCUT2D eigenvalue weighted by atomic mass is 10.4. The van der Waals surface area contributed by atoms with Crippen LogP contribution in [0.4, 0.5) is 5.69 Å². The normalized spacial score (nSPS) is 16.0. The van der Waals surface area contributed by atoms with E-state index >= 15 is 0 Å². The summed E-state index contributed by atoms with van der Waals surface area (Å²) in [7, 11) is 0. The van der Waals surface area contributed by atoms with Crippen LogP contribution in [0.3, 0.4) is 0 Å². The first-order valence-electron chi connectivity index (χ1n) is 3.91. The van der Waals surface area contributed by atoms with E-state index in [9.17, 15) is 4.79 Å². The minimum atomic E-state index is -0.284. The zero-order valence-corrected chi connectivity index (χ0v) is 6.54. The Hall–Kier alpha value is -1.45. The van der Waals surface area contributed by atoms with Crippen molar-refractivity contribution in [3.63, 3.8) is 0 Å². The number of rotatable bonds is 2. The molecule has 1 aromatic heterocycles. The molecule has 1 aliphatic carbocycles. The quantitative estimate of drug-likeness (QED) is 0.672. The lowest BCUT2D eigenvalue weighted by Gasteiger charge is -2.04. The molecule has 0 bridgehead atoms. The van der Waals surface area contributed by atoms with E-state index in [0.717, 1.165) is 12.8 Å². The van der Waals surface area contributed by atoms with Crippen LogP contribution in [0.2, 0.25) is 0 Å². The van der Waals surface area contributed by atoms with E-state index < -0.39 is 0 Å². The second kappa shape index (κ2) is 2.55. The van der Waals surface area contributed by atoms with Crippen molar-refractivity contribution in [1.29, 1.82) is 0 Å². The van der Waals surface area contributed by atoms with Crippen molar-refractivity contribution in [2.75, 3.05) is 5.73 Å². The number of aromatic amines is 1. The van der Waals surface area contributed by atoms with E-state index in [1.807, 2.05) is 0 Å². The molecule has 0 amide bonds. The van der Waals surface area contributed by atoms with Crippen molar-refractivity contribution >= 4 is 5.69 Å². The molecule has 0 unspecified atom stereocenters. The van der Waals surface area contributed by atoms with Crippen molar-refractivity contribution < 1.29 is 4.74 Å². The van der Waals surface area contributed by atoms with Gasteiger partial charge in [0.2, 0.25) is 0 Å². The number of nitrogen functional groups attached to an aromatic ring is 1. The average Bonchev–Trinajstić information content (AvgIpc) is 2.83. The standard InChI is InChI=1S/C8H10N2O2/c9-7-6(12-5-1-2-5)3-4-10-8(7)11/h3-5H,1-2,9H2,(H,10,11). The van der Waals surface area contributed by atoms with E-state index in [2.05, 4.69) is 4.98 Å². The Bertz CT molecular complexity index is 341. The Balaban J connectivity index is 2.29. The first-order chi connectivity index (χ1) is 5.77. The summed E-state index contributed by atoms with van der Waals surface area (Å²) in [6.07, 6.45) is 3.93.